The predicted octanol–water partition coefficient (Wildman–Crippen LogP) is -0.0169. The third kappa shape index (κ3) is 1.78. The van der Waals surface area contributed by atoms with Crippen LogP contribution in [0, 0.1) is 0 Å². The molecule has 1 nitrogen and oxygen atoms in total. The molecule has 0 fully saturated rings. The van der Waals surface area contributed by atoms with Gasteiger partial charge in [-0.2, -0.15) is 0 Å². The molecule has 0 rings (SSSR count). The molecule has 0 aromatic carbocycles. The first-order chi connectivity index (χ1) is 2.81. The molecule has 2 heteroatoms. The van der Waals surface area contributed by atoms with E-state index in [-0.39, 0.29) is 0 Å². The van der Waals surface area contributed by atoms with E-state index in [1.807, 2.05) is 0 Å². The van der Waals surface area contributed by atoms with Crippen LogP contribution in [0.1, 0.15) is 0 Å². The Morgan fingerprint density at radius 1 is 1.83 bits per heavy atom. The van der Waals surface area contributed by atoms with Crippen LogP contribution in [0.15, 0.2) is 25.0 Å². The van der Waals surface area contributed by atoms with Crippen molar-refractivity contribution < 1.29 is 4.43 Å². The second-order valence-electron chi connectivity index (χ2n) is 0.875. The maximum atomic E-state index is 4.73. The van der Waals surface area contributed by atoms with E-state index in [9.17, 15) is 0 Å². The summed E-state index contributed by atoms with van der Waals surface area (Å²) in [5, 5.41) is 0. The lowest BCUT2D eigenvalue weighted by Gasteiger charge is -1.92. The molecule has 0 saturated carbocycles. The fourth-order valence-corrected chi connectivity index (χ4v) is 0.250. The van der Waals surface area contributed by atoms with Gasteiger partial charge in [-0.15, -0.1) is 0 Å². The average Bonchev–Trinajstić information content (AvgIpc) is 1.65. The third-order valence-electron chi connectivity index (χ3n) is 0.490. The molecule has 0 radical (unpaired) electrons. The zero-order valence-corrected chi connectivity index (χ0v) is 5.90. The van der Waals surface area contributed by atoms with E-state index in [1.165, 1.54) is 0 Å². The topological polar surface area (TPSA) is 9.23 Å². The van der Waals surface area contributed by atoms with Gasteiger partial charge in [-0.1, -0.05) is 13.2 Å². The minimum atomic E-state index is 0.668. The lowest BCUT2D eigenvalue weighted by Crippen LogP contribution is -1.75. The molecule has 0 aliphatic heterocycles. The van der Waals surface area contributed by atoms with Gasteiger partial charge in [0.15, 0.2) is 0 Å². The summed E-state index contributed by atoms with van der Waals surface area (Å²) in [5.74, 6) is 0.668. The maximum absolute atomic E-state index is 4.73. The molecule has 0 aliphatic rings. The summed E-state index contributed by atoms with van der Waals surface area (Å²) in [5.41, 5.74) is 0. The van der Waals surface area contributed by atoms with Crippen LogP contribution in [0.4, 0.5) is 0 Å². The lowest BCUT2D eigenvalue weighted by molar-refractivity contribution is 0.496. The fourth-order valence-electron chi connectivity index (χ4n) is 0.0833. The lowest BCUT2D eigenvalue weighted by atomic mass is 10.6. The van der Waals surface area contributed by atoms with Crippen LogP contribution in [-0.4, -0.2) is 10.5 Å². The monoisotopic (exact) mass is 100 g/mol. The van der Waals surface area contributed by atoms with Crippen LogP contribution >= 0.6 is 0 Å². The Labute approximate surface area is 40.9 Å². The summed E-state index contributed by atoms with van der Waals surface area (Å²) in [7, 11) is 0.712. The van der Waals surface area contributed by atoms with E-state index in [4.69, 9.17) is 4.43 Å². The molecule has 0 heterocycles. The van der Waals surface area contributed by atoms with Gasteiger partial charge in [0.2, 0.25) is 10.5 Å². The minimum absolute atomic E-state index is 0.668. The highest BCUT2D eigenvalue weighted by molar-refractivity contribution is 5.98. The van der Waals surface area contributed by atoms with Crippen molar-refractivity contribution in [3.05, 3.63) is 25.0 Å². The summed E-state index contributed by atoms with van der Waals surface area (Å²) in [6.07, 6.45) is 1.59. The summed E-state index contributed by atoms with van der Waals surface area (Å²) >= 11 is 0. The highest BCUT2D eigenvalue weighted by Gasteiger charge is 1.70. The molecule has 0 aromatic heterocycles. The largest absolute Gasteiger partial charge is 0.554 e. The number of allylic oxidation sites excluding steroid dienone is 1. The van der Waals surface area contributed by atoms with Gasteiger partial charge in [-0.3, -0.25) is 0 Å². The van der Waals surface area contributed by atoms with Gasteiger partial charge in [0.25, 0.3) is 0 Å². The first kappa shape index (κ1) is 5.50. The van der Waals surface area contributed by atoms with E-state index in [0.717, 1.165) is 0 Å². The van der Waals surface area contributed by atoms with Gasteiger partial charge in [0, 0.05) is 0 Å². The quantitative estimate of drug-likeness (QED) is 0.269. The van der Waals surface area contributed by atoms with Crippen molar-refractivity contribution in [1.82, 2.24) is 0 Å². The molecule has 6 heavy (non-hydrogen) atoms. The summed E-state index contributed by atoms with van der Waals surface area (Å²) in [4.78, 5) is 0. The molecule has 0 saturated heterocycles. The van der Waals surface area contributed by atoms with Gasteiger partial charge >= 0.3 is 0 Å². The second-order valence-corrected chi connectivity index (χ2v) is 1.28. The summed E-state index contributed by atoms with van der Waals surface area (Å²) in [6.45, 7) is 6.92. The first-order valence-electron chi connectivity index (χ1n) is 1.66. The van der Waals surface area contributed by atoms with E-state index in [2.05, 4.69) is 13.2 Å². The molecule has 0 spiro atoms. The molecule has 34 valence electrons. The van der Waals surface area contributed by atoms with E-state index in [0.29, 0.717) is 16.2 Å². The second kappa shape index (κ2) is 2.72. The Morgan fingerprint density at radius 3 is 2.33 bits per heavy atom. The van der Waals surface area contributed by atoms with Gasteiger partial charge in [0.1, 0.15) is 0 Å². The zero-order valence-electron chi connectivity index (χ0n) is 3.90. The van der Waals surface area contributed by atoms with Crippen molar-refractivity contribution in [2.24, 2.45) is 0 Å². The Kier molecular flexibility index (Phi) is 2.49. The molecule has 0 atom stereocenters. The summed E-state index contributed by atoms with van der Waals surface area (Å²) in [6, 6.07) is 0. The predicted molar refractivity (Wildman–Crippen MR) is 30.4 cm³/mol. The average molecular weight is 100 g/mol. The van der Waals surface area contributed by atoms with E-state index < -0.39 is 0 Å². The fraction of sp³-hybridized carbons (Fsp3) is 0. The Hall–Kier alpha value is -0.503. The highest BCUT2D eigenvalue weighted by Crippen LogP contribution is 1.85. The van der Waals surface area contributed by atoms with Crippen LogP contribution in [0.2, 0.25) is 0 Å². The first-order valence-corrected chi connectivity index (χ1v) is 2.48. The van der Waals surface area contributed by atoms with Gasteiger partial charge in [-0.05, 0) is 6.08 Å². The Bertz CT molecular complexity index is 67.9. The third-order valence-corrected chi connectivity index (χ3v) is 1.01. The number of rotatable bonds is 2. The Balaban J connectivity index is 3.23. The standard InChI is InChI=1S/C4H8OSi/c1-3-4(2)5-6/h3H,1-2H2,6H3. The molecule has 0 aliphatic carbocycles. The number of hydrogen-bond donors (Lipinski definition) is 0. The van der Waals surface area contributed by atoms with Crippen LogP contribution in [0.25, 0.3) is 0 Å². The molecule has 0 aromatic rings. The molecular weight excluding hydrogens is 92.1 g/mol. The van der Waals surface area contributed by atoms with Crippen molar-refractivity contribution in [1.29, 1.82) is 0 Å². The maximum Gasteiger partial charge on any atom is 0.204 e. The van der Waals surface area contributed by atoms with Crippen molar-refractivity contribution in [2.75, 3.05) is 0 Å². The van der Waals surface area contributed by atoms with Gasteiger partial charge in [0.05, 0.1) is 5.76 Å². The van der Waals surface area contributed by atoms with E-state index in [1.54, 1.807) is 6.08 Å². The van der Waals surface area contributed by atoms with Gasteiger partial charge in [-0.25, -0.2) is 0 Å². The van der Waals surface area contributed by atoms with Crippen molar-refractivity contribution >= 4 is 10.5 Å². The molecule has 0 unspecified atom stereocenters. The van der Waals surface area contributed by atoms with Crippen molar-refractivity contribution in [2.45, 2.75) is 0 Å². The zero-order chi connectivity index (χ0) is 4.99. The van der Waals surface area contributed by atoms with Crippen LogP contribution in [0.3, 0.4) is 0 Å². The van der Waals surface area contributed by atoms with Crippen LogP contribution in [-0.2, 0) is 4.43 Å². The van der Waals surface area contributed by atoms with Crippen LogP contribution < -0.4 is 0 Å². The smallest absolute Gasteiger partial charge is 0.204 e. The SMILES string of the molecule is C=CC(=C)O[SiH3]. The van der Waals surface area contributed by atoms with Crippen LogP contribution in [0.5, 0.6) is 0 Å². The Morgan fingerprint density at radius 2 is 2.33 bits per heavy atom. The highest BCUT2D eigenvalue weighted by atomic mass is 28.2. The molecular formula is C4H8OSi. The van der Waals surface area contributed by atoms with Gasteiger partial charge < -0.3 is 4.43 Å². The van der Waals surface area contributed by atoms with Crippen molar-refractivity contribution in [3.63, 3.8) is 0 Å². The molecule has 0 amide bonds. The minimum Gasteiger partial charge on any atom is -0.554 e. The molecule has 0 bridgehead atoms. The summed E-state index contributed by atoms with van der Waals surface area (Å²) < 4.78 is 4.73. The van der Waals surface area contributed by atoms with E-state index >= 15 is 0 Å². The number of hydrogen-bond acceptors (Lipinski definition) is 1. The van der Waals surface area contributed by atoms with Crippen molar-refractivity contribution in [3.8, 4) is 0 Å². The molecule has 0 N–H and O–H groups in total. The normalized spacial score (nSPS) is 7.33.